The Morgan fingerprint density at radius 1 is 0.600 bits per heavy atom. The number of allylic oxidation sites excluding steroid dienone is 4. The summed E-state index contributed by atoms with van der Waals surface area (Å²) in [5.74, 6) is 0.732. The summed E-state index contributed by atoms with van der Waals surface area (Å²) in [5.41, 5.74) is 9.95. The van der Waals surface area contributed by atoms with Crippen LogP contribution >= 0.6 is 11.3 Å². The number of hydrogen-bond donors (Lipinski definition) is 0. The lowest BCUT2D eigenvalue weighted by molar-refractivity contribution is 1.12. The molecule has 0 spiro atoms. The van der Waals surface area contributed by atoms with Crippen molar-refractivity contribution in [3.63, 3.8) is 0 Å². The summed E-state index contributed by atoms with van der Waals surface area (Å²) in [6, 6.07) is 53.7. The lowest BCUT2D eigenvalue weighted by Gasteiger charge is -2.11. The van der Waals surface area contributed by atoms with Crippen molar-refractivity contribution >= 4 is 58.9 Å². The molecule has 3 nitrogen and oxygen atoms in total. The fourth-order valence-electron chi connectivity index (χ4n) is 6.98. The summed E-state index contributed by atoms with van der Waals surface area (Å²) in [6.07, 6.45) is 7.36. The Morgan fingerprint density at radius 3 is 1.80 bits per heavy atom. The van der Waals surface area contributed by atoms with E-state index in [1.165, 1.54) is 53.2 Å². The lowest BCUT2D eigenvalue weighted by atomic mass is 10.0. The summed E-state index contributed by atoms with van der Waals surface area (Å²) in [6.45, 7) is 2.09. The van der Waals surface area contributed by atoms with Crippen LogP contribution in [0.25, 0.3) is 75.8 Å². The largest absolute Gasteiger partial charge is 0.309 e. The second kappa shape index (κ2) is 12.7. The minimum Gasteiger partial charge on any atom is -0.309 e. The second-order valence-corrected chi connectivity index (χ2v) is 13.7. The number of nitrogens with zero attached hydrogens (tertiary/aromatic N) is 3. The van der Waals surface area contributed by atoms with Gasteiger partial charge in [0.25, 0.3) is 0 Å². The summed E-state index contributed by atoms with van der Waals surface area (Å²) in [4.78, 5) is 10.0. The monoisotopic (exact) mass is 659 g/mol. The fraction of sp³-hybridized carbons (Fsp3) is 0.0435. The van der Waals surface area contributed by atoms with Gasteiger partial charge in [0.15, 0.2) is 5.82 Å². The highest BCUT2D eigenvalue weighted by atomic mass is 32.1. The van der Waals surface area contributed by atoms with Crippen molar-refractivity contribution in [1.82, 2.24) is 14.5 Å². The molecule has 238 valence electrons. The number of rotatable bonds is 7. The molecule has 6 aromatic carbocycles. The molecule has 0 aliphatic heterocycles. The van der Waals surface area contributed by atoms with Gasteiger partial charge in [-0.3, -0.25) is 0 Å². The molecule has 0 fully saturated rings. The molecule has 0 aliphatic carbocycles. The van der Waals surface area contributed by atoms with Gasteiger partial charge in [-0.05, 0) is 60.9 Å². The first-order chi connectivity index (χ1) is 24.7. The van der Waals surface area contributed by atoms with Gasteiger partial charge in [-0.1, -0.05) is 133 Å². The van der Waals surface area contributed by atoms with Crippen LogP contribution in [-0.4, -0.2) is 14.5 Å². The van der Waals surface area contributed by atoms with E-state index in [1.54, 1.807) is 0 Å². The first-order valence-electron chi connectivity index (χ1n) is 17.0. The predicted octanol–water partition coefficient (Wildman–Crippen LogP) is 12.5. The molecule has 0 saturated heterocycles. The van der Waals surface area contributed by atoms with Crippen molar-refractivity contribution in [2.45, 2.75) is 13.3 Å². The van der Waals surface area contributed by atoms with Gasteiger partial charge in [0.1, 0.15) is 0 Å². The van der Waals surface area contributed by atoms with Gasteiger partial charge in [-0.25, -0.2) is 9.97 Å². The average Bonchev–Trinajstić information content (AvgIpc) is 3.73. The molecule has 0 aliphatic rings. The number of aromatic nitrogens is 3. The Balaban J connectivity index is 1.12. The van der Waals surface area contributed by atoms with Gasteiger partial charge in [0.2, 0.25) is 0 Å². The topological polar surface area (TPSA) is 30.7 Å². The molecule has 4 heteroatoms. The summed E-state index contributed by atoms with van der Waals surface area (Å²) in [5, 5.41) is 5.16. The zero-order valence-corrected chi connectivity index (χ0v) is 28.4. The molecule has 0 bridgehead atoms. The van der Waals surface area contributed by atoms with Gasteiger partial charge in [-0.15, -0.1) is 11.3 Å². The predicted molar refractivity (Wildman–Crippen MR) is 213 cm³/mol. The fourth-order valence-corrected chi connectivity index (χ4v) is 8.19. The Labute approximate surface area is 295 Å². The maximum Gasteiger partial charge on any atom is 0.156 e. The normalized spacial score (nSPS) is 12.2. The van der Waals surface area contributed by atoms with Gasteiger partial charge in [0, 0.05) is 47.8 Å². The van der Waals surface area contributed by atoms with Crippen LogP contribution < -0.4 is 0 Å². The Hall–Kier alpha value is -6.10. The van der Waals surface area contributed by atoms with E-state index in [2.05, 4.69) is 169 Å². The minimum atomic E-state index is 0.732. The molecular formula is C46H33N3S. The number of thiophene rings is 1. The third-order valence-corrected chi connectivity index (χ3v) is 10.7. The maximum atomic E-state index is 5.01. The zero-order chi connectivity index (χ0) is 33.4. The van der Waals surface area contributed by atoms with Crippen molar-refractivity contribution < 1.29 is 0 Å². The summed E-state index contributed by atoms with van der Waals surface area (Å²) >= 11 is 1.88. The molecule has 0 atom stereocenters. The molecule has 0 saturated carbocycles. The highest BCUT2D eigenvalue weighted by Gasteiger charge is 2.16. The summed E-state index contributed by atoms with van der Waals surface area (Å²) in [7, 11) is 0. The zero-order valence-electron chi connectivity index (χ0n) is 27.6. The Kier molecular flexibility index (Phi) is 7.64. The van der Waals surface area contributed by atoms with Crippen LogP contribution in [0.1, 0.15) is 18.3 Å². The van der Waals surface area contributed by atoms with Crippen LogP contribution in [-0.2, 0) is 6.42 Å². The molecular weight excluding hydrogens is 627 g/mol. The molecule has 0 N–H and O–H groups in total. The SMILES string of the molecule is C/C(=C\C=C/Cc1cc(-n2c3ccccc3c3ccccc32)cc2c1sc1ccccc12)c1nc(-c2ccccc2)cc(-c2ccccc2)n1. The summed E-state index contributed by atoms with van der Waals surface area (Å²) < 4.78 is 5.08. The van der Waals surface area contributed by atoms with Crippen molar-refractivity contribution in [3.8, 4) is 28.2 Å². The Morgan fingerprint density at radius 2 is 1.16 bits per heavy atom. The Bertz CT molecular complexity index is 2620. The maximum absolute atomic E-state index is 5.01. The highest BCUT2D eigenvalue weighted by molar-refractivity contribution is 7.26. The van der Waals surface area contributed by atoms with Gasteiger partial charge in [0.05, 0.1) is 22.4 Å². The lowest BCUT2D eigenvalue weighted by Crippen LogP contribution is -1.97. The van der Waals surface area contributed by atoms with E-state index < -0.39 is 0 Å². The van der Waals surface area contributed by atoms with E-state index >= 15 is 0 Å². The van der Waals surface area contributed by atoms with Crippen LogP contribution in [0.2, 0.25) is 0 Å². The standard InChI is InChI=1S/C46H33N3S/c1-31(46-47-40(32-17-4-2-5-18-32)30-41(48-46)33-19-6-3-7-20-33)16-8-9-21-34-28-35(29-39-38-24-12-15-27-44(38)50-45(34)39)49-42-25-13-10-22-36(42)37-23-11-14-26-43(37)49/h2-20,22-30H,21H2,1H3/b9-8-,31-16+. The molecule has 0 amide bonds. The van der Waals surface area contributed by atoms with Crippen LogP contribution in [0.4, 0.5) is 0 Å². The van der Waals surface area contributed by atoms with E-state index in [0.29, 0.717) is 0 Å². The quantitative estimate of drug-likeness (QED) is 0.159. The molecule has 9 rings (SSSR count). The number of benzene rings is 6. The van der Waals surface area contributed by atoms with Crippen LogP contribution in [0.5, 0.6) is 0 Å². The van der Waals surface area contributed by atoms with Gasteiger partial charge < -0.3 is 4.57 Å². The molecule has 50 heavy (non-hydrogen) atoms. The highest BCUT2D eigenvalue weighted by Crippen LogP contribution is 2.40. The van der Waals surface area contributed by atoms with Crippen LogP contribution in [0, 0.1) is 0 Å². The molecule has 3 aromatic heterocycles. The number of fused-ring (bicyclic) bond motifs is 6. The number of para-hydroxylation sites is 2. The molecule has 0 unspecified atom stereocenters. The van der Waals surface area contributed by atoms with Gasteiger partial charge in [-0.2, -0.15) is 0 Å². The van der Waals surface area contributed by atoms with Gasteiger partial charge >= 0.3 is 0 Å². The minimum absolute atomic E-state index is 0.732. The van der Waals surface area contributed by atoms with E-state index in [-0.39, 0.29) is 0 Å². The first kappa shape index (κ1) is 30.0. The van der Waals surface area contributed by atoms with Crippen molar-refractivity contribution in [3.05, 3.63) is 181 Å². The first-order valence-corrected chi connectivity index (χ1v) is 17.8. The van der Waals surface area contributed by atoms with E-state index in [0.717, 1.165) is 40.3 Å². The average molecular weight is 660 g/mol. The van der Waals surface area contributed by atoms with E-state index in [9.17, 15) is 0 Å². The van der Waals surface area contributed by atoms with Crippen LogP contribution in [0.15, 0.2) is 170 Å². The van der Waals surface area contributed by atoms with Crippen molar-refractivity contribution in [2.75, 3.05) is 0 Å². The van der Waals surface area contributed by atoms with E-state index in [1.807, 2.05) is 23.5 Å². The molecule has 0 radical (unpaired) electrons. The third kappa shape index (κ3) is 5.40. The van der Waals surface area contributed by atoms with Crippen molar-refractivity contribution in [2.24, 2.45) is 0 Å². The third-order valence-electron chi connectivity index (χ3n) is 9.42. The molecule has 9 aromatic rings. The van der Waals surface area contributed by atoms with Crippen LogP contribution in [0.3, 0.4) is 0 Å². The number of hydrogen-bond acceptors (Lipinski definition) is 3. The van der Waals surface area contributed by atoms with Crippen molar-refractivity contribution in [1.29, 1.82) is 0 Å². The molecule has 3 heterocycles. The second-order valence-electron chi connectivity index (χ2n) is 12.6. The smallest absolute Gasteiger partial charge is 0.156 e. The van der Waals surface area contributed by atoms with E-state index in [4.69, 9.17) is 9.97 Å².